The number of carbonyl (C=O) groups is 1. The summed E-state index contributed by atoms with van der Waals surface area (Å²) in [5, 5.41) is 10.3. The molecule has 19 heavy (non-hydrogen) atoms. The molecule has 2 aromatic rings. The van der Waals surface area contributed by atoms with Crippen LogP contribution in [-0.2, 0) is 0 Å². The van der Waals surface area contributed by atoms with Crippen LogP contribution >= 0.6 is 11.5 Å². The Hall–Kier alpha value is -2.02. The zero-order valence-corrected chi connectivity index (χ0v) is 11.6. The van der Waals surface area contributed by atoms with Gasteiger partial charge in [-0.1, -0.05) is 11.4 Å². The third kappa shape index (κ3) is 3.47. The van der Waals surface area contributed by atoms with Crippen molar-refractivity contribution in [2.24, 2.45) is 0 Å². The lowest BCUT2D eigenvalue weighted by Gasteiger charge is -2.11. The van der Waals surface area contributed by atoms with Gasteiger partial charge in [0.15, 0.2) is 0 Å². The number of carbonyl (C=O) groups excluding carboxylic acids is 1. The van der Waals surface area contributed by atoms with E-state index in [0.29, 0.717) is 10.6 Å². The number of nitrogens with zero attached hydrogens (tertiary/aromatic N) is 3. The maximum absolute atomic E-state index is 12.2. The van der Waals surface area contributed by atoms with Crippen molar-refractivity contribution in [3.8, 4) is 0 Å². The third-order valence-corrected chi connectivity index (χ3v) is 3.03. The summed E-state index contributed by atoms with van der Waals surface area (Å²) in [7, 11) is 0. The van der Waals surface area contributed by atoms with Crippen LogP contribution in [0, 0.1) is 6.92 Å². The summed E-state index contributed by atoms with van der Waals surface area (Å²) in [6.07, 6.45) is 4.08. The Morgan fingerprint density at radius 1 is 1.42 bits per heavy atom. The van der Waals surface area contributed by atoms with Gasteiger partial charge in [-0.25, -0.2) is 0 Å². The number of aromatic nitrogens is 3. The topological polar surface area (TPSA) is 79.8 Å². The van der Waals surface area contributed by atoms with Gasteiger partial charge in [-0.15, -0.1) is 5.10 Å². The summed E-state index contributed by atoms with van der Waals surface area (Å²) in [5.41, 5.74) is 2.19. The highest BCUT2D eigenvalue weighted by Crippen LogP contribution is 2.18. The molecule has 0 aliphatic rings. The van der Waals surface area contributed by atoms with Gasteiger partial charge >= 0.3 is 0 Å². The highest BCUT2D eigenvalue weighted by molar-refractivity contribution is 7.10. The second-order valence-corrected chi connectivity index (χ2v) is 4.82. The van der Waals surface area contributed by atoms with Crippen LogP contribution in [0.15, 0.2) is 18.5 Å². The fourth-order valence-electron chi connectivity index (χ4n) is 1.55. The van der Waals surface area contributed by atoms with E-state index in [9.17, 15) is 4.79 Å². The molecule has 0 bridgehead atoms. The maximum atomic E-state index is 12.2. The van der Waals surface area contributed by atoms with Crippen LogP contribution in [0.3, 0.4) is 0 Å². The second-order valence-electron chi connectivity index (χ2n) is 4.03. The number of rotatable bonds is 5. The summed E-state index contributed by atoms with van der Waals surface area (Å²) < 4.78 is 3.70. The molecular weight excluding hydrogens is 262 g/mol. The average Bonchev–Trinajstić information content (AvgIpc) is 2.89. The highest BCUT2D eigenvalue weighted by atomic mass is 32.1. The molecule has 6 nitrogen and oxygen atoms in total. The van der Waals surface area contributed by atoms with E-state index in [1.807, 2.05) is 13.0 Å². The molecule has 0 aliphatic heterocycles. The van der Waals surface area contributed by atoms with Gasteiger partial charge in [-0.2, -0.15) is 0 Å². The lowest BCUT2D eigenvalue weighted by Crippen LogP contribution is -2.15. The van der Waals surface area contributed by atoms with E-state index in [2.05, 4.69) is 32.1 Å². The first-order valence-corrected chi connectivity index (χ1v) is 6.77. The lowest BCUT2D eigenvalue weighted by atomic mass is 10.2. The third-order valence-electron chi connectivity index (χ3n) is 2.45. The molecule has 2 N–H and O–H groups in total. The number of hydrogen-bond donors (Lipinski definition) is 2. The number of amides is 1. The Kier molecular flexibility index (Phi) is 4.40. The van der Waals surface area contributed by atoms with Crippen LogP contribution < -0.4 is 10.6 Å². The fourth-order valence-corrected chi connectivity index (χ4v) is 1.96. The van der Waals surface area contributed by atoms with Crippen LogP contribution in [-0.4, -0.2) is 27.0 Å². The maximum Gasteiger partial charge on any atom is 0.260 e. The SMILES string of the molecule is CCCNc1cc(C)ncc1C(=O)Nc1cnns1. The van der Waals surface area contributed by atoms with Crippen LogP contribution in [0.25, 0.3) is 0 Å². The van der Waals surface area contributed by atoms with Gasteiger partial charge in [0.1, 0.15) is 5.00 Å². The molecule has 100 valence electrons. The van der Waals surface area contributed by atoms with Crippen molar-refractivity contribution in [3.63, 3.8) is 0 Å². The van der Waals surface area contributed by atoms with E-state index in [1.165, 1.54) is 6.20 Å². The van der Waals surface area contributed by atoms with E-state index in [0.717, 1.165) is 35.9 Å². The Balaban J connectivity index is 2.20. The van der Waals surface area contributed by atoms with Crippen molar-refractivity contribution in [2.45, 2.75) is 20.3 Å². The molecule has 0 aliphatic carbocycles. The smallest absolute Gasteiger partial charge is 0.260 e. The van der Waals surface area contributed by atoms with Gasteiger partial charge in [0.05, 0.1) is 17.4 Å². The number of anilines is 2. The summed E-state index contributed by atoms with van der Waals surface area (Å²) >= 11 is 1.14. The molecule has 0 unspecified atom stereocenters. The minimum atomic E-state index is -0.211. The molecule has 0 fully saturated rings. The Bertz CT molecular complexity index is 555. The molecule has 0 radical (unpaired) electrons. The molecule has 0 saturated heterocycles. The molecule has 0 atom stereocenters. The molecule has 2 heterocycles. The molecule has 2 rings (SSSR count). The van der Waals surface area contributed by atoms with Crippen molar-refractivity contribution >= 4 is 28.1 Å². The van der Waals surface area contributed by atoms with Gasteiger partial charge in [0, 0.05) is 30.0 Å². The second kappa shape index (κ2) is 6.24. The first-order chi connectivity index (χ1) is 9.20. The Morgan fingerprint density at radius 3 is 2.95 bits per heavy atom. The normalized spacial score (nSPS) is 10.2. The Labute approximate surface area is 115 Å². The van der Waals surface area contributed by atoms with Crippen molar-refractivity contribution in [1.82, 2.24) is 14.6 Å². The summed E-state index contributed by atoms with van der Waals surface area (Å²) in [5.74, 6) is -0.211. The van der Waals surface area contributed by atoms with E-state index >= 15 is 0 Å². The average molecular weight is 277 g/mol. The summed E-state index contributed by atoms with van der Waals surface area (Å²) in [4.78, 5) is 16.3. The number of aryl methyl sites for hydroxylation is 1. The van der Waals surface area contributed by atoms with Gasteiger partial charge in [-0.3, -0.25) is 9.78 Å². The molecule has 7 heteroatoms. The van der Waals surface area contributed by atoms with Gasteiger partial charge in [0.25, 0.3) is 5.91 Å². The first kappa shape index (κ1) is 13.4. The summed E-state index contributed by atoms with van der Waals surface area (Å²) in [6.45, 7) is 4.78. The minimum absolute atomic E-state index is 0.211. The standard InChI is InChI=1S/C12H15N5OS/c1-3-4-13-10-5-8(2)14-6-9(10)12(18)16-11-7-15-17-19-11/h5-7H,3-4H2,1-2H3,(H,13,14)(H,16,18). The van der Waals surface area contributed by atoms with E-state index in [4.69, 9.17) is 0 Å². The molecular formula is C12H15N5OS. The zero-order chi connectivity index (χ0) is 13.7. The monoisotopic (exact) mass is 277 g/mol. The minimum Gasteiger partial charge on any atom is -0.384 e. The largest absolute Gasteiger partial charge is 0.384 e. The quantitative estimate of drug-likeness (QED) is 0.876. The lowest BCUT2D eigenvalue weighted by molar-refractivity contribution is 0.102. The Morgan fingerprint density at radius 2 is 2.26 bits per heavy atom. The van der Waals surface area contributed by atoms with Crippen molar-refractivity contribution < 1.29 is 4.79 Å². The van der Waals surface area contributed by atoms with Crippen LogP contribution in [0.2, 0.25) is 0 Å². The molecule has 0 saturated carbocycles. The predicted molar refractivity (Wildman–Crippen MR) is 75.6 cm³/mol. The highest BCUT2D eigenvalue weighted by Gasteiger charge is 2.13. The molecule has 0 aromatic carbocycles. The van der Waals surface area contributed by atoms with Crippen molar-refractivity contribution in [2.75, 3.05) is 17.2 Å². The number of nitrogens with one attached hydrogen (secondary N) is 2. The van der Waals surface area contributed by atoms with E-state index in [1.54, 1.807) is 6.20 Å². The zero-order valence-electron chi connectivity index (χ0n) is 10.8. The van der Waals surface area contributed by atoms with E-state index in [-0.39, 0.29) is 5.91 Å². The van der Waals surface area contributed by atoms with Gasteiger partial charge in [0.2, 0.25) is 0 Å². The first-order valence-electron chi connectivity index (χ1n) is 6.00. The van der Waals surface area contributed by atoms with Gasteiger partial charge < -0.3 is 10.6 Å². The van der Waals surface area contributed by atoms with Gasteiger partial charge in [-0.05, 0) is 19.4 Å². The summed E-state index contributed by atoms with van der Waals surface area (Å²) in [6, 6.07) is 1.87. The van der Waals surface area contributed by atoms with E-state index < -0.39 is 0 Å². The fraction of sp³-hybridized carbons (Fsp3) is 0.333. The van der Waals surface area contributed by atoms with Crippen LogP contribution in [0.5, 0.6) is 0 Å². The number of pyridine rings is 1. The number of hydrogen-bond acceptors (Lipinski definition) is 6. The van der Waals surface area contributed by atoms with Crippen molar-refractivity contribution in [3.05, 3.63) is 29.7 Å². The van der Waals surface area contributed by atoms with Crippen molar-refractivity contribution in [1.29, 1.82) is 0 Å². The molecule has 0 spiro atoms. The van der Waals surface area contributed by atoms with Crippen LogP contribution in [0.4, 0.5) is 10.7 Å². The predicted octanol–water partition coefficient (Wildman–Crippen LogP) is 2.32. The molecule has 2 aromatic heterocycles. The van der Waals surface area contributed by atoms with Crippen LogP contribution in [0.1, 0.15) is 29.4 Å². The molecule has 1 amide bonds.